The summed E-state index contributed by atoms with van der Waals surface area (Å²) in [6, 6.07) is 2.08. The molecule has 1 aliphatic rings. The number of alkyl halides is 3. The van der Waals surface area contributed by atoms with Crippen LogP contribution in [0.3, 0.4) is 0 Å². The van der Waals surface area contributed by atoms with Crippen LogP contribution < -0.4 is 10.6 Å². The summed E-state index contributed by atoms with van der Waals surface area (Å²) >= 11 is 0. The van der Waals surface area contributed by atoms with E-state index >= 15 is 0 Å². The number of hydrogen-bond donors (Lipinski definition) is 2. The predicted octanol–water partition coefficient (Wildman–Crippen LogP) is 2.81. The molecule has 1 saturated carbocycles. The molecule has 2 N–H and O–H groups in total. The van der Waals surface area contributed by atoms with Crippen LogP contribution in [-0.4, -0.2) is 26.8 Å². The summed E-state index contributed by atoms with van der Waals surface area (Å²) in [5, 5.41) is 9.51. The zero-order valence-corrected chi connectivity index (χ0v) is 11.1. The zero-order chi connectivity index (χ0) is 15.0. The molecular formula is C12H13F3N6. The molecule has 2 aromatic rings. The molecule has 1 aliphatic carbocycles. The van der Waals surface area contributed by atoms with E-state index in [0.717, 1.165) is 19.0 Å². The van der Waals surface area contributed by atoms with Crippen LogP contribution in [0.4, 0.5) is 30.8 Å². The van der Waals surface area contributed by atoms with Crippen molar-refractivity contribution >= 4 is 17.6 Å². The fraction of sp³-hybridized carbons (Fsp3) is 0.417. The highest BCUT2D eigenvalue weighted by atomic mass is 19.4. The molecular weight excluding hydrogens is 285 g/mol. The molecule has 0 radical (unpaired) electrons. The van der Waals surface area contributed by atoms with Crippen molar-refractivity contribution in [2.45, 2.75) is 25.1 Å². The van der Waals surface area contributed by atoms with Crippen molar-refractivity contribution in [1.29, 1.82) is 0 Å². The van der Waals surface area contributed by atoms with E-state index in [1.807, 2.05) is 0 Å². The normalized spacial score (nSPS) is 15.0. The topological polar surface area (TPSA) is 67.7 Å². The lowest BCUT2D eigenvalue weighted by atomic mass is 10.3. The van der Waals surface area contributed by atoms with E-state index < -0.39 is 11.7 Å². The Balaban J connectivity index is 1.87. The molecule has 0 saturated heterocycles. The zero-order valence-electron chi connectivity index (χ0n) is 11.1. The molecule has 9 heteroatoms. The van der Waals surface area contributed by atoms with Gasteiger partial charge in [-0.3, -0.25) is 0 Å². The van der Waals surface area contributed by atoms with Crippen molar-refractivity contribution in [3.05, 3.63) is 24.0 Å². The molecule has 6 nitrogen and oxygen atoms in total. The van der Waals surface area contributed by atoms with Crippen molar-refractivity contribution in [2.75, 3.05) is 17.7 Å². The smallest absolute Gasteiger partial charge is 0.372 e. The van der Waals surface area contributed by atoms with E-state index in [2.05, 4.69) is 25.7 Å². The van der Waals surface area contributed by atoms with Crippen molar-refractivity contribution in [1.82, 2.24) is 19.7 Å². The van der Waals surface area contributed by atoms with Crippen molar-refractivity contribution < 1.29 is 13.2 Å². The van der Waals surface area contributed by atoms with E-state index in [1.54, 1.807) is 16.9 Å². The second-order valence-electron chi connectivity index (χ2n) is 4.72. The molecule has 3 rings (SSSR count). The summed E-state index contributed by atoms with van der Waals surface area (Å²) in [6.07, 6.45) is -0.00658. The number of nitrogens with one attached hydrogen (secondary N) is 2. The second kappa shape index (κ2) is 4.90. The molecule has 112 valence electrons. The van der Waals surface area contributed by atoms with Crippen LogP contribution in [-0.2, 0) is 6.18 Å². The Morgan fingerprint density at radius 1 is 1.33 bits per heavy atom. The van der Waals surface area contributed by atoms with Crippen molar-refractivity contribution in [3.63, 3.8) is 0 Å². The minimum Gasteiger partial charge on any atom is -0.372 e. The van der Waals surface area contributed by atoms with Crippen LogP contribution in [0.1, 0.15) is 24.4 Å². The molecule has 0 spiro atoms. The fourth-order valence-electron chi connectivity index (χ4n) is 1.98. The first kappa shape index (κ1) is 13.7. The van der Waals surface area contributed by atoms with Crippen LogP contribution >= 0.6 is 0 Å². The van der Waals surface area contributed by atoms with Gasteiger partial charge in [0, 0.05) is 19.3 Å². The van der Waals surface area contributed by atoms with Gasteiger partial charge >= 0.3 is 6.18 Å². The van der Waals surface area contributed by atoms with Crippen LogP contribution in [0.25, 0.3) is 0 Å². The molecule has 0 aliphatic heterocycles. The van der Waals surface area contributed by atoms with Crippen LogP contribution in [0.15, 0.2) is 18.5 Å². The van der Waals surface area contributed by atoms with E-state index in [9.17, 15) is 13.2 Å². The lowest BCUT2D eigenvalue weighted by Crippen LogP contribution is -2.13. The van der Waals surface area contributed by atoms with Gasteiger partial charge in [0.1, 0.15) is 17.2 Å². The number of anilines is 3. The van der Waals surface area contributed by atoms with Crippen LogP contribution in [0.2, 0.25) is 0 Å². The van der Waals surface area contributed by atoms with Crippen LogP contribution in [0.5, 0.6) is 0 Å². The molecule has 0 aromatic carbocycles. The largest absolute Gasteiger partial charge is 0.421 e. The maximum absolute atomic E-state index is 12.8. The standard InChI is InChI=1S/C12H13F3N6/c1-16-10-8(12(13,14)15)6-17-11(20-10)19-9-4-5-18-21(9)7-2-3-7/h4-7H,2-3H2,1H3,(H2,16,17,19,20). The third kappa shape index (κ3) is 2.76. The summed E-state index contributed by atoms with van der Waals surface area (Å²) < 4.78 is 40.1. The van der Waals surface area contributed by atoms with Crippen molar-refractivity contribution in [2.24, 2.45) is 0 Å². The Labute approximate surface area is 118 Å². The summed E-state index contributed by atoms with van der Waals surface area (Å²) in [5.41, 5.74) is -0.897. The average Bonchev–Trinajstić information content (AvgIpc) is 3.18. The first-order valence-electron chi connectivity index (χ1n) is 6.41. The maximum Gasteiger partial charge on any atom is 0.421 e. The van der Waals surface area contributed by atoms with Gasteiger partial charge in [-0.15, -0.1) is 0 Å². The van der Waals surface area contributed by atoms with Gasteiger partial charge in [-0.25, -0.2) is 9.67 Å². The minimum absolute atomic E-state index is 0.0924. The van der Waals surface area contributed by atoms with E-state index in [-0.39, 0.29) is 11.8 Å². The Bertz CT molecular complexity index is 647. The Hall–Kier alpha value is -2.32. The Morgan fingerprint density at radius 2 is 2.10 bits per heavy atom. The quantitative estimate of drug-likeness (QED) is 0.908. The Kier molecular flexibility index (Phi) is 3.19. The third-order valence-electron chi connectivity index (χ3n) is 3.13. The second-order valence-corrected chi connectivity index (χ2v) is 4.72. The fourth-order valence-corrected chi connectivity index (χ4v) is 1.98. The molecule has 0 atom stereocenters. The highest BCUT2D eigenvalue weighted by Gasteiger charge is 2.35. The number of aromatic nitrogens is 4. The van der Waals surface area contributed by atoms with Crippen LogP contribution in [0, 0.1) is 0 Å². The lowest BCUT2D eigenvalue weighted by molar-refractivity contribution is -0.137. The summed E-state index contributed by atoms with van der Waals surface area (Å²) in [5.74, 6) is 0.492. The first-order valence-corrected chi connectivity index (χ1v) is 6.41. The summed E-state index contributed by atoms with van der Waals surface area (Å²) in [4.78, 5) is 7.59. The van der Waals surface area contributed by atoms with Gasteiger partial charge in [0.25, 0.3) is 0 Å². The first-order chi connectivity index (χ1) is 9.99. The number of rotatable bonds is 4. The van der Waals surface area contributed by atoms with E-state index in [0.29, 0.717) is 11.9 Å². The highest BCUT2D eigenvalue weighted by Crippen LogP contribution is 2.37. The summed E-state index contributed by atoms with van der Waals surface area (Å²) in [6.45, 7) is 0. The van der Waals surface area contributed by atoms with Crippen molar-refractivity contribution in [3.8, 4) is 0 Å². The monoisotopic (exact) mass is 298 g/mol. The molecule has 0 amide bonds. The van der Waals surface area contributed by atoms with Gasteiger partial charge in [0.15, 0.2) is 0 Å². The number of halogens is 3. The van der Waals surface area contributed by atoms with Gasteiger partial charge in [0.2, 0.25) is 5.95 Å². The van der Waals surface area contributed by atoms with Gasteiger partial charge in [-0.2, -0.15) is 23.3 Å². The van der Waals surface area contributed by atoms with Gasteiger partial charge in [-0.1, -0.05) is 0 Å². The van der Waals surface area contributed by atoms with Gasteiger partial charge in [0.05, 0.1) is 12.2 Å². The average molecular weight is 298 g/mol. The number of nitrogens with zero attached hydrogens (tertiary/aromatic N) is 4. The molecule has 2 heterocycles. The number of hydrogen-bond acceptors (Lipinski definition) is 5. The summed E-state index contributed by atoms with van der Waals surface area (Å²) in [7, 11) is 1.38. The molecule has 0 bridgehead atoms. The highest BCUT2D eigenvalue weighted by molar-refractivity contribution is 5.53. The van der Waals surface area contributed by atoms with Gasteiger partial charge < -0.3 is 10.6 Å². The lowest BCUT2D eigenvalue weighted by Gasteiger charge is -2.13. The minimum atomic E-state index is -4.49. The SMILES string of the molecule is CNc1nc(Nc2ccnn2C2CC2)ncc1C(F)(F)F. The molecule has 1 fully saturated rings. The Morgan fingerprint density at radius 3 is 2.71 bits per heavy atom. The van der Waals surface area contributed by atoms with E-state index in [1.165, 1.54) is 7.05 Å². The molecule has 0 unspecified atom stereocenters. The van der Waals surface area contributed by atoms with E-state index in [4.69, 9.17) is 0 Å². The predicted molar refractivity (Wildman–Crippen MR) is 70.4 cm³/mol. The maximum atomic E-state index is 12.8. The molecule has 21 heavy (non-hydrogen) atoms. The molecule has 2 aromatic heterocycles. The third-order valence-corrected chi connectivity index (χ3v) is 3.13. The van der Waals surface area contributed by atoms with Gasteiger partial charge in [-0.05, 0) is 12.8 Å².